The van der Waals surface area contributed by atoms with Crippen molar-refractivity contribution in [1.82, 2.24) is 4.90 Å². The third kappa shape index (κ3) is 1.93. The van der Waals surface area contributed by atoms with Crippen LogP contribution in [0.15, 0.2) is 0 Å². The molecular weight excluding hydrogens is 188 g/mol. The Morgan fingerprint density at radius 2 is 1.67 bits per heavy atom. The lowest BCUT2D eigenvalue weighted by Crippen LogP contribution is -2.62. The summed E-state index contributed by atoms with van der Waals surface area (Å²) in [5.41, 5.74) is 5.51. The average molecular weight is 212 g/mol. The van der Waals surface area contributed by atoms with Crippen molar-refractivity contribution in [2.24, 2.45) is 5.73 Å². The SMILES string of the molecule is CCN1CCC(O)(C2(N)CCCC2)CC1. The minimum absolute atomic E-state index is 0.285. The second-order valence-electron chi connectivity index (χ2n) is 5.33. The molecule has 0 atom stereocenters. The Labute approximate surface area is 92.6 Å². The Kier molecular flexibility index (Phi) is 3.06. The smallest absolute Gasteiger partial charge is 0.0850 e. The van der Waals surface area contributed by atoms with Crippen LogP contribution in [0.4, 0.5) is 0 Å². The molecule has 0 radical (unpaired) electrons. The fourth-order valence-electron chi connectivity index (χ4n) is 3.21. The molecule has 1 aliphatic carbocycles. The van der Waals surface area contributed by atoms with Gasteiger partial charge in [-0.25, -0.2) is 0 Å². The number of nitrogens with zero attached hydrogens (tertiary/aromatic N) is 1. The fourth-order valence-corrected chi connectivity index (χ4v) is 3.21. The van der Waals surface area contributed by atoms with Crippen LogP contribution in [-0.4, -0.2) is 40.8 Å². The summed E-state index contributed by atoms with van der Waals surface area (Å²) < 4.78 is 0. The number of hydrogen-bond acceptors (Lipinski definition) is 3. The van der Waals surface area contributed by atoms with Crippen LogP contribution in [0.2, 0.25) is 0 Å². The van der Waals surface area contributed by atoms with E-state index < -0.39 is 5.60 Å². The number of nitrogens with two attached hydrogens (primary N) is 1. The van der Waals surface area contributed by atoms with Crippen LogP contribution in [0.25, 0.3) is 0 Å². The zero-order valence-corrected chi connectivity index (χ0v) is 9.84. The van der Waals surface area contributed by atoms with E-state index in [9.17, 15) is 5.11 Å². The van der Waals surface area contributed by atoms with Gasteiger partial charge >= 0.3 is 0 Å². The molecule has 0 aromatic rings. The predicted octanol–water partition coefficient (Wildman–Crippen LogP) is 1.10. The predicted molar refractivity (Wildman–Crippen MR) is 61.7 cm³/mol. The lowest BCUT2D eigenvalue weighted by Gasteiger charge is -2.47. The highest BCUT2D eigenvalue weighted by Gasteiger charge is 2.49. The first-order chi connectivity index (χ1) is 7.10. The van der Waals surface area contributed by atoms with Crippen molar-refractivity contribution in [1.29, 1.82) is 0 Å². The molecule has 0 aromatic heterocycles. The van der Waals surface area contributed by atoms with E-state index in [-0.39, 0.29) is 5.54 Å². The number of aliphatic hydroxyl groups is 1. The summed E-state index contributed by atoms with van der Waals surface area (Å²) in [6.45, 7) is 5.28. The lowest BCUT2D eigenvalue weighted by molar-refractivity contribution is -0.0779. The summed E-state index contributed by atoms with van der Waals surface area (Å²) in [6.07, 6.45) is 6.12. The van der Waals surface area contributed by atoms with Gasteiger partial charge < -0.3 is 15.7 Å². The number of rotatable bonds is 2. The Morgan fingerprint density at radius 1 is 1.13 bits per heavy atom. The summed E-state index contributed by atoms with van der Waals surface area (Å²) in [5, 5.41) is 10.7. The number of hydrogen-bond donors (Lipinski definition) is 2. The quantitative estimate of drug-likeness (QED) is 0.721. The molecule has 0 unspecified atom stereocenters. The molecule has 0 spiro atoms. The van der Waals surface area contributed by atoms with E-state index in [0.29, 0.717) is 0 Å². The molecule has 1 saturated carbocycles. The van der Waals surface area contributed by atoms with Crippen LogP contribution < -0.4 is 5.73 Å². The second-order valence-corrected chi connectivity index (χ2v) is 5.33. The van der Waals surface area contributed by atoms with Gasteiger partial charge in [0.25, 0.3) is 0 Å². The lowest BCUT2D eigenvalue weighted by atomic mass is 9.73. The first kappa shape index (κ1) is 11.4. The molecule has 3 N–H and O–H groups in total. The van der Waals surface area contributed by atoms with Crippen LogP contribution in [0.3, 0.4) is 0 Å². The largest absolute Gasteiger partial charge is 0.388 e. The maximum absolute atomic E-state index is 10.7. The van der Waals surface area contributed by atoms with E-state index in [4.69, 9.17) is 5.73 Å². The van der Waals surface area contributed by atoms with Crippen molar-refractivity contribution in [3.05, 3.63) is 0 Å². The maximum atomic E-state index is 10.7. The van der Waals surface area contributed by atoms with Crippen LogP contribution in [0.5, 0.6) is 0 Å². The van der Waals surface area contributed by atoms with Crippen LogP contribution in [0.1, 0.15) is 45.4 Å². The van der Waals surface area contributed by atoms with E-state index in [1.165, 1.54) is 12.8 Å². The maximum Gasteiger partial charge on any atom is 0.0850 e. The van der Waals surface area contributed by atoms with E-state index in [1.54, 1.807) is 0 Å². The van der Waals surface area contributed by atoms with Gasteiger partial charge in [0.1, 0.15) is 0 Å². The van der Waals surface area contributed by atoms with Gasteiger partial charge in [-0.3, -0.25) is 0 Å². The van der Waals surface area contributed by atoms with Crippen LogP contribution >= 0.6 is 0 Å². The van der Waals surface area contributed by atoms with Gasteiger partial charge in [-0.2, -0.15) is 0 Å². The molecule has 1 saturated heterocycles. The average Bonchev–Trinajstić information content (AvgIpc) is 2.68. The monoisotopic (exact) mass is 212 g/mol. The topological polar surface area (TPSA) is 49.5 Å². The molecule has 2 rings (SSSR count). The van der Waals surface area contributed by atoms with Gasteiger partial charge in [0.05, 0.1) is 5.60 Å². The van der Waals surface area contributed by atoms with Crippen LogP contribution in [-0.2, 0) is 0 Å². The first-order valence-corrected chi connectivity index (χ1v) is 6.33. The number of piperidine rings is 1. The highest BCUT2D eigenvalue weighted by atomic mass is 16.3. The molecule has 0 aromatic carbocycles. The van der Waals surface area contributed by atoms with E-state index in [1.807, 2.05) is 0 Å². The zero-order valence-electron chi connectivity index (χ0n) is 9.84. The van der Waals surface area contributed by atoms with Gasteiger partial charge in [-0.1, -0.05) is 19.8 Å². The molecule has 0 amide bonds. The summed E-state index contributed by atoms with van der Waals surface area (Å²) in [6, 6.07) is 0. The molecule has 3 nitrogen and oxygen atoms in total. The van der Waals surface area contributed by atoms with Crippen molar-refractivity contribution < 1.29 is 5.11 Å². The van der Waals surface area contributed by atoms with Crippen molar-refractivity contribution in [3.63, 3.8) is 0 Å². The van der Waals surface area contributed by atoms with Gasteiger partial charge in [-0.15, -0.1) is 0 Å². The fraction of sp³-hybridized carbons (Fsp3) is 1.00. The van der Waals surface area contributed by atoms with Crippen molar-refractivity contribution in [2.75, 3.05) is 19.6 Å². The van der Waals surface area contributed by atoms with Gasteiger partial charge in [0.2, 0.25) is 0 Å². The highest BCUT2D eigenvalue weighted by molar-refractivity contribution is 5.07. The summed E-state index contributed by atoms with van der Waals surface area (Å²) >= 11 is 0. The third-order valence-corrected chi connectivity index (χ3v) is 4.55. The second kappa shape index (κ2) is 4.04. The molecular formula is C12H24N2O. The molecule has 15 heavy (non-hydrogen) atoms. The Morgan fingerprint density at radius 3 is 2.13 bits per heavy atom. The summed E-state index contributed by atoms with van der Waals surface area (Å²) in [7, 11) is 0. The van der Waals surface area contributed by atoms with E-state index >= 15 is 0 Å². The van der Waals surface area contributed by atoms with Crippen molar-refractivity contribution >= 4 is 0 Å². The summed E-state index contributed by atoms with van der Waals surface area (Å²) in [4.78, 5) is 2.40. The summed E-state index contributed by atoms with van der Waals surface area (Å²) in [5.74, 6) is 0. The minimum Gasteiger partial charge on any atom is -0.388 e. The molecule has 88 valence electrons. The Balaban J connectivity index is 2.02. The van der Waals surface area contributed by atoms with Crippen LogP contribution in [0, 0.1) is 0 Å². The van der Waals surface area contributed by atoms with Crippen molar-refractivity contribution in [2.45, 2.75) is 56.6 Å². The molecule has 3 heteroatoms. The van der Waals surface area contributed by atoms with Gasteiger partial charge in [0, 0.05) is 18.6 Å². The van der Waals surface area contributed by atoms with Gasteiger partial charge in [0.15, 0.2) is 0 Å². The Hall–Kier alpha value is -0.120. The number of likely N-dealkylation sites (tertiary alicyclic amines) is 1. The van der Waals surface area contributed by atoms with Gasteiger partial charge in [-0.05, 0) is 32.2 Å². The normalized spacial score (nSPS) is 30.6. The minimum atomic E-state index is -0.588. The molecule has 0 bridgehead atoms. The van der Waals surface area contributed by atoms with E-state index in [2.05, 4.69) is 11.8 Å². The third-order valence-electron chi connectivity index (χ3n) is 4.55. The van der Waals surface area contributed by atoms with E-state index in [0.717, 1.165) is 45.3 Å². The molecule has 1 aliphatic heterocycles. The first-order valence-electron chi connectivity index (χ1n) is 6.33. The zero-order chi connectivity index (χ0) is 10.9. The Bertz CT molecular complexity index is 216. The molecule has 2 aliphatic rings. The highest BCUT2D eigenvalue weighted by Crippen LogP contribution is 2.41. The van der Waals surface area contributed by atoms with Crippen molar-refractivity contribution in [3.8, 4) is 0 Å². The molecule has 1 heterocycles. The molecule has 2 fully saturated rings. The standard InChI is InChI=1S/C12H24N2O/c1-2-14-9-7-12(15,8-10-14)11(13)5-3-4-6-11/h15H,2-10,13H2,1H3.